The number of hydrogen-bond donors (Lipinski definition) is 1. The SMILES string of the molecule is CCCCCCC(C)NC(=O)n1ccnc1. The average Bonchev–Trinajstić information content (AvgIpc) is 2.77. The zero-order valence-corrected chi connectivity index (χ0v) is 10.1. The molecule has 0 bridgehead atoms. The van der Waals surface area contributed by atoms with Crippen LogP contribution < -0.4 is 5.32 Å². The number of unbranched alkanes of at least 4 members (excludes halogenated alkanes) is 3. The minimum absolute atomic E-state index is 0.0968. The monoisotopic (exact) mass is 223 g/mol. The Kier molecular flexibility index (Phi) is 5.61. The van der Waals surface area contributed by atoms with E-state index in [9.17, 15) is 4.79 Å². The first-order chi connectivity index (χ1) is 7.74. The number of hydrogen-bond acceptors (Lipinski definition) is 2. The molecule has 0 spiro atoms. The minimum atomic E-state index is -0.0968. The molecule has 0 saturated carbocycles. The van der Waals surface area contributed by atoms with Crippen LogP contribution in [0.3, 0.4) is 0 Å². The Morgan fingerprint density at radius 1 is 1.44 bits per heavy atom. The molecule has 1 rings (SSSR count). The smallest absolute Gasteiger partial charge is 0.327 e. The third kappa shape index (κ3) is 4.47. The lowest BCUT2D eigenvalue weighted by Crippen LogP contribution is -2.35. The van der Waals surface area contributed by atoms with Gasteiger partial charge in [-0.15, -0.1) is 0 Å². The predicted octanol–water partition coefficient (Wildman–Crippen LogP) is 2.80. The highest BCUT2D eigenvalue weighted by Crippen LogP contribution is 2.05. The fourth-order valence-corrected chi connectivity index (χ4v) is 1.61. The molecule has 1 N–H and O–H groups in total. The molecule has 90 valence electrons. The van der Waals surface area contributed by atoms with E-state index in [4.69, 9.17) is 0 Å². The number of carbonyl (C=O) groups excluding carboxylic acids is 1. The molecule has 1 atom stereocenters. The second-order valence-corrected chi connectivity index (χ2v) is 4.17. The first-order valence-electron chi connectivity index (χ1n) is 6.03. The summed E-state index contributed by atoms with van der Waals surface area (Å²) in [4.78, 5) is 15.5. The van der Waals surface area contributed by atoms with Gasteiger partial charge in [0.2, 0.25) is 0 Å². The van der Waals surface area contributed by atoms with Crippen molar-refractivity contribution in [1.29, 1.82) is 0 Å². The maximum atomic E-state index is 11.6. The summed E-state index contributed by atoms with van der Waals surface area (Å²) >= 11 is 0. The lowest BCUT2D eigenvalue weighted by atomic mass is 10.1. The van der Waals surface area contributed by atoms with Crippen molar-refractivity contribution in [1.82, 2.24) is 14.9 Å². The molecule has 1 heterocycles. The number of amides is 1. The van der Waals surface area contributed by atoms with Crippen LogP contribution in [-0.2, 0) is 0 Å². The summed E-state index contributed by atoms with van der Waals surface area (Å²) in [5.41, 5.74) is 0. The van der Waals surface area contributed by atoms with Crippen molar-refractivity contribution >= 4 is 6.03 Å². The molecule has 4 nitrogen and oxygen atoms in total. The molecule has 0 saturated heterocycles. The third-order valence-electron chi connectivity index (χ3n) is 2.60. The Morgan fingerprint density at radius 3 is 2.88 bits per heavy atom. The van der Waals surface area contributed by atoms with Gasteiger partial charge >= 0.3 is 6.03 Å². The zero-order chi connectivity index (χ0) is 11.8. The second kappa shape index (κ2) is 7.04. The van der Waals surface area contributed by atoms with Crippen LogP contribution in [0.1, 0.15) is 46.0 Å². The van der Waals surface area contributed by atoms with E-state index in [0.29, 0.717) is 0 Å². The van der Waals surface area contributed by atoms with Gasteiger partial charge in [0.15, 0.2) is 0 Å². The van der Waals surface area contributed by atoms with Gasteiger partial charge in [0.1, 0.15) is 6.33 Å². The van der Waals surface area contributed by atoms with Gasteiger partial charge in [-0.25, -0.2) is 9.78 Å². The van der Waals surface area contributed by atoms with Crippen LogP contribution in [0, 0.1) is 0 Å². The number of carbonyl (C=O) groups is 1. The van der Waals surface area contributed by atoms with Gasteiger partial charge in [-0.2, -0.15) is 0 Å². The molecule has 1 unspecified atom stereocenters. The number of nitrogens with one attached hydrogen (secondary N) is 1. The third-order valence-corrected chi connectivity index (χ3v) is 2.60. The van der Waals surface area contributed by atoms with Crippen molar-refractivity contribution in [2.75, 3.05) is 0 Å². The molecule has 0 aromatic carbocycles. The van der Waals surface area contributed by atoms with E-state index in [1.807, 2.05) is 6.92 Å². The van der Waals surface area contributed by atoms with Crippen molar-refractivity contribution in [3.05, 3.63) is 18.7 Å². The molecule has 0 aliphatic heterocycles. The fourth-order valence-electron chi connectivity index (χ4n) is 1.61. The topological polar surface area (TPSA) is 46.9 Å². The zero-order valence-electron chi connectivity index (χ0n) is 10.1. The molecule has 0 aliphatic carbocycles. The maximum Gasteiger partial charge on any atom is 0.327 e. The molecule has 1 aromatic rings. The van der Waals surface area contributed by atoms with Crippen LogP contribution >= 0.6 is 0 Å². The van der Waals surface area contributed by atoms with Crippen molar-refractivity contribution < 1.29 is 4.79 Å². The van der Waals surface area contributed by atoms with Gasteiger partial charge in [0.25, 0.3) is 0 Å². The predicted molar refractivity (Wildman–Crippen MR) is 64.4 cm³/mol. The normalized spacial score (nSPS) is 12.4. The highest BCUT2D eigenvalue weighted by atomic mass is 16.2. The van der Waals surface area contributed by atoms with Crippen LogP contribution in [0.5, 0.6) is 0 Å². The van der Waals surface area contributed by atoms with E-state index in [2.05, 4.69) is 17.2 Å². The Bertz CT molecular complexity index is 295. The van der Waals surface area contributed by atoms with Crippen LogP contribution in [0.2, 0.25) is 0 Å². The summed E-state index contributed by atoms with van der Waals surface area (Å²) in [6, 6.07) is 0.132. The van der Waals surface area contributed by atoms with Gasteiger partial charge in [-0.05, 0) is 13.3 Å². The Morgan fingerprint density at radius 2 is 2.25 bits per heavy atom. The highest BCUT2D eigenvalue weighted by molar-refractivity contribution is 5.76. The van der Waals surface area contributed by atoms with Crippen LogP contribution in [0.25, 0.3) is 0 Å². The van der Waals surface area contributed by atoms with E-state index in [1.165, 1.54) is 36.6 Å². The lowest BCUT2D eigenvalue weighted by molar-refractivity contribution is 0.238. The Balaban J connectivity index is 2.19. The summed E-state index contributed by atoms with van der Waals surface area (Å²) < 4.78 is 1.46. The van der Waals surface area contributed by atoms with E-state index in [-0.39, 0.29) is 12.1 Å². The Labute approximate surface area is 97.1 Å². The summed E-state index contributed by atoms with van der Waals surface area (Å²) in [6.45, 7) is 4.24. The summed E-state index contributed by atoms with van der Waals surface area (Å²) in [5, 5.41) is 2.94. The van der Waals surface area contributed by atoms with Crippen molar-refractivity contribution in [3.8, 4) is 0 Å². The number of imidazole rings is 1. The molecule has 1 aromatic heterocycles. The maximum absolute atomic E-state index is 11.6. The summed E-state index contributed by atoms with van der Waals surface area (Å²) in [6.07, 6.45) is 10.8. The van der Waals surface area contributed by atoms with Gasteiger partial charge in [0, 0.05) is 18.4 Å². The van der Waals surface area contributed by atoms with E-state index in [0.717, 1.165) is 6.42 Å². The fraction of sp³-hybridized carbons (Fsp3) is 0.667. The molecule has 16 heavy (non-hydrogen) atoms. The van der Waals surface area contributed by atoms with Gasteiger partial charge in [-0.1, -0.05) is 32.6 Å². The van der Waals surface area contributed by atoms with Crippen LogP contribution in [0.15, 0.2) is 18.7 Å². The Hall–Kier alpha value is -1.32. The number of nitrogens with zero attached hydrogens (tertiary/aromatic N) is 2. The largest absolute Gasteiger partial charge is 0.335 e. The lowest BCUT2D eigenvalue weighted by Gasteiger charge is -2.13. The number of rotatable bonds is 6. The van der Waals surface area contributed by atoms with Crippen molar-refractivity contribution in [3.63, 3.8) is 0 Å². The van der Waals surface area contributed by atoms with Crippen molar-refractivity contribution in [2.24, 2.45) is 0 Å². The molecular formula is C12H21N3O. The van der Waals surface area contributed by atoms with Crippen LogP contribution in [0.4, 0.5) is 4.79 Å². The molecule has 0 radical (unpaired) electrons. The molecular weight excluding hydrogens is 202 g/mol. The molecule has 0 aliphatic rings. The molecule has 1 amide bonds. The first-order valence-corrected chi connectivity index (χ1v) is 6.03. The van der Waals surface area contributed by atoms with Crippen LogP contribution in [-0.4, -0.2) is 21.6 Å². The minimum Gasteiger partial charge on any atom is -0.335 e. The average molecular weight is 223 g/mol. The standard InChI is InChI=1S/C12H21N3O/c1-3-4-5-6-7-11(2)14-12(16)15-9-8-13-10-15/h8-11H,3-7H2,1-2H3,(H,14,16). The van der Waals surface area contributed by atoms with Gasteiger partial charge in [0.05, 0.1) is 0 Å². The quantitative estimate of drug-likeness (QED) is 0.754. The van der Waals surface area contributed by atoms with E-state index >= 15 is 0 Å². The summed E-state index contributed by atoms with van der Waals surface area (Å²) in [5.74, 6) is 0. The molecule has 0 fully saturated rings. The van der Waals surface area contributed by atoms with E-state index in [1.54, 1.807) is 12.4 Å². The van der Waals surface area contributed by atoms with E-state index < -0.39 is 0 Å². The number of aromatic nitrogens is 2. The highest BCUT2D eigenvalue weighted by Gasteiger charge is 2.07. The molecule has 4 heteroatoms. The van der Waals surface area contributed by atoms with Crippen molar-refractivity contribution in [2.45, 2.75) is 52.0 Å². The van der Waals surface area contributed by atoms with Gasteiger partial charge in [-0.3, -0.25) is 4.57 Å². The first kappa shape index (κ1) is 12.7. The second-order valence-electron chi connectivity index (χ2n) is 4.17. The van der Waals surface area contributed by atoms with Gasteiger partial charge < -0.3 is 5.32 Å². The summed E-state index contributed by atoms with van der Waals surface area (Å²) in [7, 11) is 0.